The Hall–Kier alpha value is -3.10. The van der Waals surface area contributed by atoms with E-state index in [1.54, 1.807) is 11.9 Å². The summed E-state index contributed by atoms with van der Waals surface area (Å²) in [6.45, 7) is 4.87. The molecule has 0 bridgehead atoms. The number of aryl methyl sites for hydroxylation is 2. The number of imidazole rings is 1. The maximum atomic E-state index is 4.77. The molecule has 0 atom stereocenters. The van der Waals surface area contributed by atoms with Gasteiger partial charge in [-0.1, -0.05) is 49.1 Å². The fraction of sp³-hybridized carbons (Fsp3) is 0.414. The first-order valence-electron chi connectivity index (χ1n) is 13.3. The molecule has 3 N–H and O–H groups in total. The highest BCUT2D eigenvalue weighted by molar-refractivity contribution is 7.97. The van der Waals surface area contributed by atoms with Crippen LogP contribution in [0, 0.1) is 12.8 Å². The minimum atomic E-state index is 0.733. The standard InChI is InChI=1S/C21H28N6.C8H11NS/c1-2-7-17(8-3-1)15-24-21-25-19-10-5-4-9-18(19)20(26-21)23-11-6-13-27-14-12-22-16-27;1-7-3-5-8(6-4-7)10-9-2/h4-5,9-10,12,14,16-17H,1-3,6-8,11,13,15H2,(H2,23,24,25,26);3-6,9H,1-2H3. The second-order valence-corrected chi connectivity index (χ2v) is 10.6. The van der Waals surface area contributed by atoms with Crippen molar-refractivity contribution in [3.63, 3.8) is 0 Å². The lowest BCUT2D eigenvalue weighted by Gasteiger charge is -2.22. The molecule has 0 spiro atoms. The van der Waals surface area contributed by atoms with Crippen LogP contribution in [0.2, 0.25) is 0 Å². The summed E-state index contributed by atoms with van der Waals surface area (Å²) in [6, 6.07) is 16.6. The number of benzene rings is 2. The van der Waals surface area contributed by atoms with Crippen molar-refractivity contribution >= 4 is 34.6 Å². The fourth-order valence-corrected chi connectivity index (χ4v) is 5.04. The molecule has 0 radical (unpaired) electrons. The summed E-state index contributed by atoms with van der Waals surface area (Å²) in [5, 5.41) is 8.06. The molecule has 0 aliphatic heterocycles. The third-order valence-corrected chi connectivity index (χ3v) is 7.27. The fourth-order valence-electron chi connectivity index (χ4n) is 4.53. The number of hydrogen-bond donors (Lipinski definition) is 3. The summed E-state index contributed by atoms with van der Waals surface area (Å²) in [5.74, 6) is 2.40. The Bertz CT molecular complexity index is 1190. The van der Waals surface area contributed by atoms with Crippen LogP contribution in [0.3, 0.4) is 0 Å². The zero-order chi connectivity index (χ0) is 25.7. The SMILES string of the molecule is CNSc1ccc(C)cc1.c1ccc2c(NCCCn3ccnc3)nc(NCC3CCCCC3)nc2c1. The van der Waals surface area contributed by atoms with Crippen LogP contribution in [-0.4, -0.2) is 39.7 Å². The molecular formula is C29H39N7S. The van der Waals surface area contributed by atoms with Gasteiger partial charge in [0.2, 0.25) is 5.95 Å². The molecule has 1 aliphatic rings. The first-order valence-corrected chi connectivity index (χ1v) is 14.1. The lowest BCUT2D eigenvalue weighted by molar-refractivity contribution is 0.373. The van der Waals surface area contributed by atoms with Crippen LogP contribution in [0.15, 0.2) is 72.1 Å². The van der Waals surface area contributed by atoms with Crippen molar-refractivity contribution in [1.29, 1.82) is 0 Å². The van der Waals surface area contributed by atoms with Crippen molar-refractivity contribution in [2.45, 2.75) is 56.9 Å². The van der Waals surface area contributed by atoms with Gasteiger partial charge in [-0.05, 0) is 75.4 Å². The zero-order valence-corrected chi connectivity index (χ0v) is 22.8. The molecule has 1 saturated carbocycles. The lowest BCUT2D eigenvalue weighted by Crippen LogP contribution is -2.18. The van der Waals surface area contributed by atoms with Gasteiger partial charge in [0.15, 0.2) is 0 Å². The average molecular weight is 518 g/mol. The van der Waals surface area contributed by atoms with E-state index in [1.165, 1.54) is 42.6 Å². The average Bonchev–Trinajstić information content (AvgIpc) is 3.46. The number of aromatic nitrogens is 4. The maximum absolute atomic E-state index is 4.77. The maximum Gasteiger partial charge on any atom is 0.225 e. The van der Waals surface area contributed by atoms with Gasteiger partial charge in [0, 0.05) is 42.3 Å². The smallest absolute Gasteiger partial charge is 0.225 e. The van der Waals surface area contributed by atoms with Gasteiger partial charge in [0.05, 0.1) is 11.8 Å². The largest absolute Gasteiger partial charge is 0.369 e. The number of para-hydroxylation sites is 1. The van der Waals surface area contributed by atoms with Crippen LogP contribution >= 0.6 is 11.9 Å². The minimum absolute atomic E-state index is 0.733. The van der Waals surface area contributed by atoms with Crippen LogP contribution in [0.1, 0.15) is 44.1 Å². The Morgan fingerprint density at radius 3 is 2.54 bits per heavy atom. The molecule has 0 unspecified atom stereocenters. The molecule has 2 heterocycles. The number of fused-ring (bicyclic) bond motifs is 1. The molecule has 2 aromatic carbocycles. The predicted octanol–water partition coefficient (Wildman–Crippen LogP) is 6.54. The van der Waals surface area contributed by atoms with Crippen LogP contribution in [0.25, 0.3) is 10.9 Å². The molecule has 4 aromatic rings. The van der Waals surface area contributed by atoms with Crippen molar-refractivity contribution in [3.8, 4) is 0 Å². The molecule has 2 aromatic heterocycles. The van der Waals surface area contributed by atoms with Gasteiger partial charge < -0.3 is 15.2 Å². The highest BCUT2D eigenvalue weighted by Gasteiger charge is 2.14. The monoisotopic (exact) mass is 517 g/mol. The number of nitrogens with zero attached hydrogens (tertiary/aromatic N) is 4. The third-order valence-electron chi connectivity index (χ3n) is 6.56. The van der Waals surface area contributed by atoms with Crippen molar-refractivity contribution in [1.82, 2.24) is 24.2 Å². The van der Waals surface area contributed by atoms with E-state index in [1.807, 2.05) is 37.9 Å². The predicted molar refractivity (Wildman–Crippen MR) is 156 cm³/mol. The molecule has 5 rings (SSSR count). The van der Waals surface area contributed by atoms with Gasteiger partial charge in [0.25, 0.3) is 0 Å². The summed E-state index contributed by atoms with van der Waals surface area (Å²) in [7, 11) is 1.92. The summed E-state index contributed by atoms with van der Waals surface area (Å²) in [4.78, 5) is 14.8. The Morgan fingerprint density at radius 2 is 1.78 bits per heavy atom. The van der Waals surface area contributed by atoms with Crippen LogP contribution in [0.5, 0.6) is 0 Å². The van der Waals surface area contributed by atoms with E-state index < -0.39 is 0 Å². The van der Waals surface area contributed by atoms with E-state index in [2.05, 4.69) is 68.2 Å². The van der Waals surface area contributed by atoms with Gasteiger partial charge in [-0.3, -0.25) is 4.72 Å². The van der Waals surface area contributed by atoms with Gasteiger partial charge in [0.1, 0.15) is 5.82 Å². The second-order valence-electron chi connectivity index (χ2n) is 9.50. The molecule has 1 fully saturated rings. The number of anilines is 2. The van der Waals surface area contributed by atoms with E-state index in [9.17, 15) is 0 Å². The Morgan fingerprint density at radius 1 is 0.973 bits per heavy atom. The van der Waals surface area contributed by atoms with Crippen molar-refractivity contribution in [2.75, 3.05) is 30.8 Å². The normalized spacial score (nSPS) is 13.7. The molecule has 37 heavy (non-hydrogen) atoms. The van der Waals surface area contributed by atoms with Crippen LogP contribution in [0.4, 0.5) is 11.8 Å². The molecule has 196 valence electrons. The van der Waals surface area contributed by atoms with Crippen molar-refractivity contribution in [2.24, 2.45) is 5.92 Å². The Kier molecular flexibility index (Phi) is 10.6. The Labute approximate surface area is 225 Å². The van der Waals surface area contributed by atoms with E-state index in [-0.39, 0.29) is 0 Å². The molecule has 7 nitrogen and oxygen atoms in total. The topological polar surface area (TPSA) is 79.7 Å². The highest BCUT2D eigenvalue weighted by atomic mass is 32.2. The minimum Gasteiger partial charge on any atom is -0.369 e. The molecule has 8 heteroatoms. The van der Waals surface area contributed by atoms with Crippen molar-refractivity contribution < 1.29 is 0 Å². The molecule has 0 saturated heterocycles. The van der Waals surface area contributed by atoms with Gasteiger partial charge in [-0.15, -0.1) is 0 Å². The van der Waals surface area contributed by atoms with E-state index in [0.29, 0.717) is 0 Å². The first-order chi connectivity index (χ1) is 18.2. The van der Waals surface area contributed by atoms with Crippen LogP contribution in [-0.2, 0) is 6.54 Å². The van der Waals surface area contributed by atoms with Gasteiger partial charge in [-0.25, -0.2) is 9.97 Å². The zero-order valence-electron chi connectivity index (χ0n) is 22.0. The first kappa shape index (κ1) is 26.9. The van der Waals surface area contributed by atoms with Crippen LogP contribution < -0.4 is 15.4 Å². The lowest BCUT2D eigenvalue weighted by atomic mass is 9.89. The van der Waals surface area contributed by atoms with E-state index in [4.69, 9.17) is 9.97 Å². The van der Waals surface area contributed by atoms with Gasteiger partial charge >= 0.3 is 0 Å². The van der Waals surface area contributed by atoms with Gasteiger partial charge in [-0.2, -0.15) is 4.98 Å². The van der Waals surface area contributed by atoms with E-state index >= 15 is 0 Å². The molecule has 0 amide bonds. The summed E-state index contributed by atoms with van der Waals surface area (Å²) in [6.07, 6.45) is 13.4. The molecular weight excluding hydrogens is 478 g/mol. The quantitative estimate of drug-likeness (QED) is 0.163. The number of nitrogens with one attached hydrogen (secondary N) is 3. The second kappa shape index (κ2) is 14.6. The highest BCUT2D eigenvalue weighted by Crippen LogP contribution is 2.25. The number of hydrogen-bond acceptors (Lipinski definition) is 7. The molecule has 1 aliphatic carbocycles. The van der Waals surface area contributed by atoms with E-state index in [0.717, 1.165) is 54.6 Å². The summed E-state index contributed by atoms with van der Waals surface area (Å²) < 4.78 is 5.11. The summed E-state index contributed by atoms with van der Waals surface area (Å²) >= 11 is 1.63. The Balaban J connectivity index is 0.000000270. The van der Waals surface area contributed by atoms with Crippen molar-refractivity contribution in [3.05, 3.63) is 72.8 Å². The summed E-state index contributed by atoms with van der Waals surface area (Å²) in [5.41, 5.74) is 2.29. The number of rotatable bonds is 10. The third kappa shape index (κ3) is 8.76.